The van der Waals surface area contributed by atoms with Crippen molar-refractivity contribution in [3.8, 4) is 0 Å². The summed E-state index contributed by atoms with van der Waals surface area (Å²) >= 11 is 3.41. The first-order valence-electron chi connectivity index (χ1n) is 9.10. The summed E-state index contributed by atoms with van der Waals surface area (Å²) in [5.74, 6) is -0.739. The number of carbonyl (C=O) groups excluding carboxylic acids is 1. The summed E-state index contributed by atoms with van der Waals surface area (Å²) in [5, 5.41) is 9.10. The number of hydrogen-bond donors (Lipinski definition) is 1. The van der Waals surface area contributed by atoms with E-state index in [2.05, 4.69) is 20.8 Å². The van der Waals surface area contributed by atoms with E-state index in [0.717, 1.165) is 23.1 Å². The fraction of sp³-hybridized carbons (Fsp3) is 0.333. The van der Waals surface area contributed by atoms with Gasteiger partial charge in [-0.1, -0.05) is 52.3 Å². The number of carbonyl (C=O) groups is 2. The van der Waals surface area contributed by atoms with Gasteiger partial charge in [-0.2, -0.15) is 0 Å². The number of hydrogen-bond acceptors (Lipinski definition) is 3. The lowest BCUT2D eigenvalue weighted by Gasteiger charge is -2.39. The van der Waals surface area contributed by atoms with Gasteiger partial charge in [0.25, 0.3) is 5.91 Å². The maximum Gasteiger partial charge on any atom is 0.303 e. The smallest absolute Gasteiger partial charge is 0.303 e. The Morgan fingerprint density at radius 1 is 1.00 bits per heavy atom. The zero-order chi connectivity index (χ0) is 19.2. The lowest BCUT2D eigenvalue weighted by molar-refractivity contribution is -0.137. The number of nitrogens with zero attached hydrogens (tertiary/aromatic N) is 2. The van der Waals surface area contributed by atoms with Crippen LogP contribution >= 0.6 is 15.9 Å². The lowest BCUT2D eigenvalue weighted by Crippen LogP contribution is -2.49. The summed E-state index contributed by atoms with van der Waals surface area (Å²) in [4.78, 5) is 28.0. The van der Waals surface area contributed by atoms with Gasteiger partial charge >= 0.3 is 5.97 Å². The number of halogens is 1. The standard InChI is InChI=1S/C21H23BrN2O3/c22-18-8-4-7-17(15-18)21(27)24-13-11-23(12-14-24)19(9-10-20(25)26)16-5-2-1-3-6-16/h1-8,15,19H,9-14H2,(H,25,26)/t19-/m0/s1. The van der Waals surface area contributed by atoms with Gasteiger partial charge in [0.15, 0.2) is 0 Å². The van der Waals surface area contributed by atoms with E-state index in [-0.39, 0.29) is 18.4 Å². The molecular weight excluding hydrogens is 408 g/mol. The van der Waals surface area contributed by atoms with Gasteiger partial charge in [-0.15, -0.1) is 0 Å². The van der Waals surface area contributed by atoms with E-state index in [4.69, 9.17) is 5.11 Å². The van der Waals surface area contributed by atoms with Crippen LogP contribution in [0.1, 0.15) is 34.8 Å². The Morgan fingerprint density at radius 3 is 2.33 bits per heavy atom. The van der Waals surface area contributed by atoms with Gasteiger partial charge in [0.05, 0.1) is 0 Å². The molecule has 1 atom stereocenters. The summed E-state index contributed by atoms with van der Waals surface area (Å²) in [7, 11) is 0. The van der Waals surface area contributed by atoms with E-state index in [1.54, 1.807) is 0 Å². The molecule has 27 heavy (non-hydrogen) atoms. The number of piperazine rings is 1. The third-order valence-electron chi connectivity index (χ3n) is 4.93. The van der Waals surface area contributed by atoms with Crippen molar-refractivity contribution in [2.45, 2.75) is 18.9 Å². The van der Waals surface area contributed by atoms with Gasteiger partial charge < -0.3 is 10.0 Å². The van der Waals surface area contributed by atoms with E-state index >= 15 is 0 Å². The van der Waals surface area contributed by atoms with Crippen molar-refractivity contribution >= 4 is 27.8 Å². The molecule has 142 valence electrons. The monoisotopic (exact) mass is 430 g/mol. The number of carboxylic acid groups (broad SMARTS) is 1. The SMILES string of the molecule is O=C(O)CC[C@@H](c1ccccc1)N1CCN(C(=O)c2cccc(Br)c2)CC1. The first kappa shape index (κ1) is 19.6. The van der Waals surface area contributed by atoms with E-state index in [0.29, 0.717) is 25.1 Å². The van der Waals surface area contributed by atoms with Crippen LogP contribution in [0.5, 0.6) is 0 Å². The van der Waals surface area contributed by atoms with Crippen molar-refractivity contribution in [2.75, 3.05) is 26.2 Å². The van der Waals surface area contributed by atoms with Crippen molar-refractivity contribution in [1.29, 1.82) is 0 Å². The molecule has 0 saturated carbocycles. The van der Waals surface area contributed by atoms with Crippen molar-refractivity contribution in [1.82, 2.24) is 9.80 Å². The highest BCUT2D eigenvalue weighted by Gasteiger charge is 2.27. The zero-order valence-corrected chi connectivity index (χ0v) is 16.6. The third-order valence-corrected chi connectivity index (χ3v) is 5.42. The highest BCUT2D eigenvalue weighted by molar-refractivity contribution is 9.10. The van der Waals surface area contributed by atoms with Crippen LogP contribution in [0.25, 0.3) is 0 Å². The van der Waals surface area contributed by atoms with Crippen molar-refractivity contribution in [2.24, 2.45) is 0 Å². The molecule has 0 aromatic heterocycles. The largest absolute Gasteiger partial charge is 0.481 e. The third kappa shape index (κ3) is 5.17. The number of amides is 1. The number of rotatable bonds is 6. The molecule has 1 N–H and O–H groups in total. The average molecular weight is 431 g/mol. The Hall–Kier alpha value is -2.18. The maximum absolute atomic E-state index is 12.7. The fourth-order valence-electron chi connectivity index (χ4n) is 3.54. The summed E-state index contributed by atoms with van der Waals surface area (Å²) in [6.45, 7) is 2.75. The molecule has 1 heterocycles. The molecular formula is C21H23BrN2O3. The van der Waals surface area contributed by atoms with Gasteiger partial charge in [0.1, 0.15) is 0 Å². The van der Waals surface area contributed by atoms with Crippen LogP contribution in [-0.2, 0) is 4.79 Å². The summed E-state index contributed by atoms with van der Waals surface area (Å²) < 4.78 is 0.893. The molecule has 1 amide bonds. The highest BCUT2D eigenvalue weighted by Crippen LogP contribution is 2.27. The minimum Gasteiger partial charge on any atom is -0.481 e. The van der Waals surface area contributed by atoms with Crippen LogP contribution in [0.4, 0.5) is 0 Å². The summed E-state index contributed by atoms with van der Waals surface area (Å²) in [6, 6.07) is 17.5. The maximum atomic E-state index is 12.7. The molecule has 0 unspecified atom stereocenters. The Bertz CT molecular complexity index is 789. The van der Waals surface area contributed by atoms with E-state index in [1.165, 1.54) is 0 Å². The minimum atomic E-state index is -0.778. The van der Waals surface area contributed by atoms with Crippen LogP contribution < -0.4 is 0 Å². The van der Waals surface area contributed by atoms with E-state index in [9.17, 15) is 9.59 Å². The number of aliphatic carboxylic acids is 1. The first-order valence-corrected chi connectivity index (χ1v) is 9.89. The van der Waals surface area contributed by atoms with Gasteiger partial charge in [0.2, 0.25) is 0 Å². The molecule has 0 radical (unpaired) electrons. The quantitative estimate of drug-likeness (QED) is 0.756. The van der Waals surface area contributed by atoms with Gasteiger partial charge in [-0.25, -0.2) is 0 Å². The number of benzene rings is 2. The number of carboxylic acids is 1. The van der Waals surface area contributed by atoms with Crippen LogP contribution in [0.15, 0.2) is 59.1 Å². The van der Waals surface area contributed by atoms with Crippen LogP contribution in [-0.4, -0.2) is 53.0 Å². The Kier molecular flexibility index (Phi) is 6.63. The second-order valence-corrected chi connectivity index (χ2v) is 7.61. The van der Waals surface area contributed by atoms with Crippen molar-refractivity contribution < 1.29 is 14.7 Å². The minimum absolute atomic E-state index is 0.0396. The topological polar surface area (TPSA) is 60.9 Å². The van der Waals surface area contributed by atoms with Gasteiger partial charge in [-0.05, 0) is 30.2 Å². The van der Waals surface area contributed by atoms with Crippen LogP contribution in [0.2, 0.25) is 0 Å². The Labute approximate surface area is 167 Å². The second kappa shape index (κ2) is 9.15. The molecule has 3 rings (SSSR count). The molecule has 1 fully saturated rings. The fourth-order valence-corrected chi connectivity index (χ4v) is 3.94. The Balaban J connectivity index is 1.66. The molecule has 1 saturated heterocycles. The molecule has 1 aliphatic rings. The predicted molar refractivity (Wildman–Crippen MR) is 108 cm³/mol. The van der Waals surface area contributed by atoms with Gasteiger partial charge in [0, 0.05) is 48.7 Å². The molecule has 0 aliphatic carbocycles. The predicted octanol–water partition coefficient (Wildman–Crippen LogP) is 3.81. The second-order valence-electron chi connectivity index (χ2n) is 6.70. The molecule has 5 nitrogen and oxygen atoms in total. The van der Waals surface area contributed by atoms with Crippen molar-refractivity contribution in [3.05, 3.63) is 70.2 Å². The highest BCUT2D eigenvalue weighted by atomic mass is 79.9. The summed E-state index contributed by atoms with van der Waals surface area (Å²) in [6.07, 6.45) is 0.704. The van der Waals surface area contributed by atoms with Gasteiger partial charge in [-0.3, -0.25) is 14.5 Å². The lowest BCUT2D eigenvalue weighted by atomic mass is 9.99. The van der Waals surface area contributed by atoms with E-state index < -0.39 is 5.97 Å². The average Bonchev–Trinajstić information content (AvgIpc) is 2.69. The van der Waals surface area contributed by atoms with Crippen LogP contribution in [0, 0.1) is 0 Å². The van der Waals surface area contributed by atoms with E-state index in [1.807, 2.05) is 59.5 Å². The molecule has 2 aromatic carbocycles. The molecule has 0 bridgehead atoms. The molecule has 0 spiro atoms. The molecule has 6 heteroatoms. The summed E-state index contributed by atoms with van der Waals surface area (Å²) in [5.41, 5.74) is 1.81. The molecule has 2 aromatic rings. The van der Waals surface area contributed by atoms with Crippen molar-refractivity contribution in [3.63, 3.8) is 0 Å². The normalized spacial score (nSPS) is 16.1. The molecule has 1 aliphatic heterocycles. The first-order chi connectivity index (χ1) is 13.0. The Morgan fingerprint density at radius 2 is 1.70 bits per heavy atom. The van der Waals surface area contributed by atoms with Crippen LogP contribution in [0.3, 0.4) is 0 Å². The zero-order valence-electron chi connectivity index (χ0n) is 15.1.